The Hall–Kier alpha value is -1.98. The van der Waals surface area contributed by atoms with E-state index in [-0.39, 0.29) is 11.5 Å². The molecule has 0 saturated heterocycles. The molecule has 5 heteroatoms. The van der Waals surface area contributed by atoms with Gasteiger partial charge in [0.1, 0.15) is 0 Å². The van der Waals surface area contributed by atoms with Crippen LogP contribution in [-0.2, 0) is 21.4 Å². The van der Waals surface area contributed by atoms with E-state index in [1.807, 2.05) is 37.3 Å². The van der Waals surface area contributed by atoms with Gasteiger partial charge < -0.3 is 4.74 Å². The van der Waals surface area contributed by atoms with Crippen molar-refractivity contribution in [3.8, 4) is 0 Å². The number of hydrogen-bond donors (Lipinski definition) is 0. The number of sulfonamides is 1. The predicted molar refractivity (Wildman–Crippen MR) is 83.0 cm³/mol. The topological polar surface area (TPSA) is 55.7 Å². The highest BCUT2D eigenvalue weighted by molar-refractivity contribution is 7.90. The second-order valence-electron chi connectivity index (χ2n) is 4.58. The molecule has 0 saturated carbocycles. The lowest BCUT2D eigenvalue weighted by Gasteiger charge is -2.01. The summed E-state index contributed by atoms with van der Waals surface area (Å²) >= 11 is 0. The molecule has 0 spiro atoms. The molecule has 2 rings (SSSR count). The number of rotatable bonds is 6. The van der Waals surface area contributed by atoms with Crippen LogP contribution in [0.15, 0.2) is 63.9 Å². The van der Waals surface area contributed by atoms with Crippen molar-refractivity contribution in [3.05, 3.63) is 65.7 Å². The fourth-order valence-electron chi connectivity index (χ4n) is 1.70. The fraction of sp³-hybridized carbons (Fsp3) is 0.188. The van der Waals surface area contributed by atoms with Gasteiger partial charge in [-0.25, -0.2) is 0 Å². The quantitative estimate of drug-likeness (QED) is 0.609. The molecule has 0 aromatic heterocycles. The molecular weight excluding hydrogens is 286 g/mol. The molecule has 0 unspecified atom stereocenters. The van der Waals surface area contributed by atoms with Crippen molar-refractivity contribution in [2.75, 3.05) is 6.61 Å². The van der Waals surface area contributed by atoms with Crippen molar-refractivity contribution in [2.45, 2.75) is 18.4 Å². The highest BCUT2D eigenvalue weighted by Crippen LogP contribution is 2.12. The van der Waals surface area contributed by atoms with E-state index in [9.17, 15) is 8.42 Å². The van der Waals surface area contributed by atoms with Gasteiger partial charge in [0.05, 0.1) is 18.1 Å². The van der Waals surface area contributed by atoms with Gasteiger partial charge in [0.25, 0.3) is 10.0 Å². The van der Waals surface area contributed by atoms with Crippen LogP contribution in [0.25, 0.3) is 0 Å². The van der Waals surface area contributed by atoms with Crippen LogP contribution in [0.1, 0.15) is 11.1 Å². The Balaban J connectivity index is 1.87. The van der Waals surface area contributed by atoms with Gasteiger partial charge in [0.15, 0.2) is 0 Å². The Morgan fingerprint density at radius 3 is 2.38 bits per heavy atom. The third-order valence-corrected chi connectivity index (χ3v) is 4.13. The molecule has 2 aromatic rings. The highest BCUT2D eigenvalue weighted by Gasteiger charge is 2.10. The molecule has 4 nitrogen and oxygen atoms in total. The predicted octanol–water partition coefficient (Wildman–Crippen LogP) is 2.97. The molecule has 0 aliphatic rings. The minimum Gasteiger partial charge on any atom is -0.371 e. The van der Waals surface area contributed by atoms with Crippen molar-refractivity contribution in [2.24, 2.45) is 4.40 Å². The standard InChI is InChI=1S/C16H17NO3S/c1-14-7-9-16(10-8-14)21(18,19)17-11-12-20-13-15-5-3-2-4-6-15/h2-11H,12-13H2,1H3/b17-11+. The van der Waals surface area contributed by atoms with Gasteiger partial charge >= 0.3 is 0 Å². The Morgan fingerprint density at radius 1 is 1.05 bits per heavy atom. The molecule has 21 heavy (non-hydrogen) atoms. The molecular formula is C16H17NO3S. The maximum absolute atomic E-state index is 11.9. The molecule has 0 radical (unpaired) electrons. The lowest BCUT2D eigenvalue weighted by Crippen LogP contribution is -2.01. The van der Waals surface area contributed by atoms with Crippen LogP contribution in [0, 0.1) is 6.92 Å². The van der Waals surface area contributed by atoms with Gasteiger partial charge in [-0.05, 0) is 24.6 Å². The van der Waals surface area contributed by atoms with Gasteiger partial charge in [-0.2, -0.15) is 12.8 Å². The van der Waals surface area contributed by atoms with E-state index >= 15 is 0 Å². The van der Waals surface area contributed by atoms with Crippen LogP contribution in [-0.4, -0.2) is 21.2 Å². The molecule has 0 heterocycles. The first kappa shape index (κ1) is 15.4. The second kappa shape index (κ2) is 7.15. The van der Waals surface area contributed by atoms with E-state index in [2.05, 4.69) is 4.40 Å². The molecule has 0 aliphatic carbocycles. The highest BCUT2D eigenvalue weighted by atomic mass is 32.2. The maximum atomic E-state index is 11.9. The first-order valence-corrected chi connectivity index (χ1v) is 7.99. The van der Waals surface area contributed by atoms with Gasteiger partial charge in [-0.15, -0.1) is 0 Å². The average molecular weight is 303 g/mol. The lowest BCUT2D eigenvalue weighted by atomic mass is 10.2. The van der Waals surface area contributed by atoms with Crippen LogP contribution in [0.4, 0.5) is 0 Å². The maximum Gasteiger partial charge on any atom is 0.282 e. The zero-order valence-electron chi connectivity index (χ0n) is 11.8. The van der Waals surface area contributed by atoms with Gasteiger partial charge in [-0.1, -0.05) is 48.0 Å². The number of hydrogen-bond acceptors (Lipinski definition) is 3. The Bertz CT molecular complexity index is 692. The summed E-state index contributed by atoms with van der Waals surface area (Å²) in [6.07, 6.45) is 1.28. The van der Waals surface area contributed by atoms with Crippen LogP contribution < -0.4 is 0 Å². The minimum atomic E-state index is -3.63. The minimum absolute atomic E-state index is 0.153. The average Bonchev–Trinajstić information content (AvgIpc) is 2.48. The molecule has 0 amide bonds. The summed E-state index contributed by atoms with van der Waals surface area (Å²) in [5.74, 6) is 0. The van der Waals surface area contributed by atoms with E-state index in [0.29, 0.717) is 6.61 Å². The Kier molecular flexibility index (Phi) is 5.25. The van der Waals surface area contributed by atoms with Crippen molar-refractivity contribution >= 4 is 16.2 Å². The normalized spacial score (nSPS) is 11.9. The van der Waals surface area contributed by atoms with E-state index in [4.69, 9.17) is 4.74 Å². The van der Waals surface area contributed by atoms with Gasteiger partial charge in [0.2, 0.25) is 0 Å². The smallest absolute Gasteiger partial charge is 0.282 e. The number of ether oxygens (including phenoxy) is 1. The van der Waals surface area contributed by atoms with E-state index in [0.717, 1.165) is 11.1 Å². The summed E-state index contributed by atoms with van der Waals surface area (Å²) in [5, 5.41) is 0. The summed E-state index contributed by atoms with van der Waals surface area (Å²) in [6, 6.07) is 16.3. The zero-order chi connectivity index (χ0) is 15.1. The van der Waals surface area contributed by atoms with Crippen molar-refractivity contribution in [1.29, 1.82) is 0 Å². The van der Waals surface area contributed by atoms with Crippen molar-refractivity contribution in [1.82, 2.24) is 0 Å². The second-order valence-corrected chi connectivity index (χ2v) is 6.21. The summed E-state index contributed by atoms with van der Waals surface area (Å²) in [4.78, 5) is 0.187. The van der Waals surface area contributed by atoms with Crippen LogP contribution in [0.3, 0.4) is 0 Å². The van der Waals surface area contributed by atoms with Gasteiger partial charge in [0, 0.05) is 6.21 Å². The third-order valence-electron chi connectivity index (χ3n) is 2.84. The largest absolute Gasteiger partial charge is 0.371 e. The molecule has 0 N–H and O–H groups in total. The molecule has 0 aliphatic heterocycles. The summed E-state index contributed by atoms with van der Waals surface area (Å²) in [6.45, 7) is 2.48. The lowest BCUT2D eigenvalue weighted by molar-refractivity contribution is 0.160. The Morgan fingerprint density at radius 2 is 1.71 bits per heavy atom. The molecule has 0 atom stereocenters. The monoisotopic (exact) mass is 303 g/mol. The summed E-state index contributed by atoms with van der Waals surface area (Å²) in [5.41, 5.74) is 2.04. The van der Waals surface area contributed by atoms with E-state index < -0.39 is 10.0 Å². The van der Waals surface area contributed by atoms with E-state index in [1.54, 1.807) is 24.3 Å². The number of benzene rings is 2. The number of nitrogens with zero attached hydrogens (tertiary/aromatic N) is 1. The van der Waals surface area contributed by atoms with Gasteiger partial charge in [-0.3, -0.25) is 0 Å². The Labute approximate surface area is 125 Å². The molecule has 0 bridgehead atoms. The fourth-order valence-corrected chi connectivity index (χ4v) is 2.56. The van der Waals surface area contributed by atoms with E-state index in [1.165, 1.54) is 6.21 Å². The first-order chi connectivity index (χ1) is 10.1. The first-order valence-electron chi connectivity index (χ1n) is 6.55. The summed E-state index contributed by atoms with van der Waals surface area (Å²) < 4.78 is 32.8. The van der Waals surface area contributed by atoms with Crippen molar-refractivity contribution in [3.63, 3.8) is 0 Å². The third kappa shape index (κ3) is 4.81. The molecule has 110 valence electrons. The van der Waals surface area contributed by atoms with Crippen molar-refractivity contribution < 1.29 is 13.2 Å². The molecule has 0 fully saturated rings. The number of aryl methyl sites for hydroxylation is 1. The van der Waals surface area contributed by atoms with Crippen LogP contribution >= 0.6 is 0 Å². The molecule has 2 aromatic carbocycles. The SMILES string of the molecule is Cc1ccc(S(=O)(=O)/N=C/COCc2ccccc2)cc1. The zero-order valence-corrected chi connectivity index (χ0v) is 12.6. The summed E-state index contributed by atoms with van der Waals surface area (Å²) in [7, 11) is -3.63. The van der Waals surface area contributed by atoms with Crippen LogP contribution in [0.2, 0.25) is 0 Å². The van der Waals surface area contributed by atoms with Crippen LogP contribution in [0.5, 0.6) is 0 Å².